The minimum absolute atomic E-state index is 0.0119. The highest BCUT2D eigenvalue weighted by Crippen LogP contribution is 2.31. The summed E-state index contributed by atoms with van der Waals surface area (Å²) in [5, 5.41) is 0. The van der Waals surface area contributed by atoms with Crippen molar-refractivity contribution in [2.24, 2.45) is 0 Å². The number of benzene rings is 2. The second kappa shape index (κ2) is 8.46. The Kier molecular flexibility index (Phi) is 5.65. The Bertz CT molecular complexity index is 1340. The number of aryl methyl sites for hydroxylation is 1. The van der Waals surface area contributed by atoms with Gasteiger partial charge in [-0.1, -0.05) is 35.6 Å². The Balaban J connectivity index is 1.41. The Hall–Kier alpha value is -2.49. The molecule has 9 heteroatoms. The maximum absolute atomic E-state index is 13.1. The number of carbonyl (C=O) groups is 1. The number of fused-ring (bicyclic) bond motifs is 2. The monoisotopic (exact) mass is 471 g/mol. The first-order chi connectivity index (χ1) is 15.4. The van der Waals surface area contributed by atoms with Gasteiger partial charge in [-0.2, -0.15) is 0 Å². The summed E-state index contributed by atoms with van der Waals surface area (Å²) in [6.45, 7) is 1.45. The number of nitrogens with one attached hydrogen (secondary N) is 1. The minimum Gasteiger partial charge on any atom is -0.341 e. The van der Waals surface area contributed by atoms with Crippen LogP contribution in [0.3, 0.4) is 0 Å². The summed E-state index contributed by atoms with van der Waals surface area (Å²) in [6, 6.07) is 12.4. The number of carbonyl (C=O) groups excluding carboxylic acids is 1. The molecule has 32 heavy (non-hydrogen) atoms. The van der Waals surface area contributed by atoms with Crippen molar-refractivity contribution in [2.45, 2.75) is 49.6 Å². The van der Waals surface area contributed by atoms with Crippen molar-refractivity contribution in [3.63, 3.8) is 0 Å². The number of aromatic nitrogens is 1. The Morgan fingerprint density at radius 1 is 1.09 bits per heavy atom. The molecule has 1 saturated heterocycles. The van der Waals surface area contributed by atoms with Crippen molar-refractivity contribution >= 4 is 37.5 Å². The van der Waals surface area contributed by atoms with Crippen LogP contribution < -0.4 is 9.60 Å². The molecule has 2 heterocycles. The summed E-state index contributed by atoms with van der Waals surface area (Å²) in [6.07, 6.45) is 4.62. The summed E-state index contributed by atoms with van der Waals surface area (Å²) >= 11 is 0.973. The fraction of sp³-hybridized carbons (Fsp3) is 0.391. The zero-order valence-electron chi connectivity index (χ0n) is 17.6. The number of likely N-dealkylation sites (tertiary alicyclic amines) is 1. The van der Waals surface area contributed by atoms with E-state index >= 15 is 0 Å². The molecule has 0 bridgehead atoms. The van der Waals surface area contributed by atoms with Crippen LogP contribution in [0.15, 0.2) is 52.2 Å². The number of thiazole rings is 1. The predicted molar refractivity (Wildman–Crippen MR) is 124 cm³/mol. The number of amides is 1. The molecular weight excluding hydrogens is 446 g/mol. The average Bonchev–Trinajstić information content (AvgIpc) is 3.42. The first-order valence-electron chi connectivity index (χ1n) is 10.9. The lowest BCUT2D eigenvalue weighted by atomic mass is 9.88. The van der Waals surface area contributed by atoms with Gasteiger partial charge in [-0.25, -0.2) is 13.1 Å². The molecule has 0 spiro atoms. The van der Waals surface area contributed by atoms with Gasteiger partial charge in [0.15, 0.2) is 0 Å². The van der Waals surface area contributed by atoms with E-state index in [9.17, 15) is 18.0 Å². The smallest absolute Gasteiger partial charge is 0.308 e. The molecule has 1 fully saturated rings. The highest BCUT2D eigenvalue weighted by Gasteiger charge is 2.26. The van der Waals surface area contributed by atoms with Crippen LogP contribution in [0.25, 0.3) is 10.2 Å². The van der Waals surface area contributed by atoms with Gasteiger partial charge < -0.3 is 4.90 Å². The van der Waals surface area contributed by atoms with E-state index in [0.717, 1.165) is 62.1 Å². The van der Waals surface area contributed by atoms with Crippen LogP contribution in [0.4, 0.5) is 0 Å². The van der Waals surface area contributed by atoms with E-state index in [4.69, 9.17) is 0 Å². The van der Waals surface area contributed by atoms with Gasteiger partial charge in [-0.05, 0) is 61.4 Å². The van der Waals surface area contributed by atoms with Crippen molar-refractivity contribution in [3.8, 4) is 0 Å². The average molecular weight is 472 g/mol. The highest BCUT2D eigenvalue weighted by atomic mass is 32.2. The molecule has 168 valence electrons. The number of hydrogen-bond acceptors (Lipinski definition) is 5. The molecule has 1 aromatic heterocycles. The van der Waals surface area contributed by atoms with E-state index in [2.05, 4.69) is 4.72 Å². The van der Waals surface area contributed by atoms with E-state index in [1.165, 1.54) is 22.3 Å². The van der Waals surface area contributed by atoms with Crippen molar-refractivity contribution < 1.29 is 13.2 Å². The maximum Gasteiger partial charge on any atom is 0.308 e. The van der Waals surface area contributed by atoms with Crippen LogP contribution in [0, 0.1) is 0 Å². The molecule has 2 aromatic carbocycles. The van der Waals surface area contributed by atoms with Crippen LogP contribution in [-0.2, 0) is 27.8 Å². The quantitative estimate of drug-likeness (QED) is 0.620. The zero-order valence-corrected chi connectivity index (χ0v) is 19.3. The Labute approximate surface area is 190 Å². The largest absolute Gasteiger partial charge is 0.341 e. The fourth-order valence-corrected chi connectivity index (χ4v) is 6.98. The SMILES string of the molecule is O=C(Cn1c(=O)sc2cc(S(=O)(=O)N[C@@H]3CCCc4ccccc43)ccc21)N1CCCC1. The molecule has 1 aliphatic carbocycles. The summed E-state index contributed by atoms with van der Waals surface area (Å²) in [5.41, 5.74) is 2.80. The summed E-state index contributed by atoms with van der Waals surface area (Å²) in [7, 11) is -3.76. The lowest BCUT2D eigenvalue weighted by molar-refractivity contribution is -0.130. The van der Waals surface area contributed by atoms with Gasteiger partial charge >= 0.3 is 4.87 Å². The molecule has 1 aliphatic heterocycles. The molecule has 0 saturated carbocycles. The zero-order chi connectivity index (χ0) is 22.3. The van der Waals surface area contributed by atoms with Gasteiger partial charge in [-0.3, -0.25) is 14.2 Å². The van der Waals surface area contributed by atoms with E-state index in [0.29, 0.717) is 10.2 Å². The molecule has 5 rings (SSSR count). The predicted octanol–water partition coefficient (Wildman–Crippen LogP) is 3.04. The van der Waals surface area contributed by atoms with E-state index in [1.807, 2.05) is 24.3 Å². The molecule has 1 atom stereocenters. The van der Waals surface area contributed by atoms with Crippen LogP contribution in [0.2, 0.25) is 0 Å². The maximum atomic E-state index is 13.1. The van der Waals surface area contributed by atoms with Gasteiger partial charge in [0.2, 0.25) is 15.9 Å². The third-order valence-corrected chi connectivity index (χ3v) is 8.78. The van der Waals surface area contributed by atoms with E-state index in [-0.39, 0.29) is 28.3 Å². The molecule has 0 radical (unpaired) electrons. The highest BCUT2D eigenvalue weighted by molar-refractivity contribution is 7.89. The summed E-state index contributed by atoms with van der Waals surface area (Å²) < 4.78 is 31.2. The summed E-state index contributed by atoms with van der Waals surface area (Å²) in [5.74, 6) is -0.0707. The lowest BCUT2D eigenvalue weighted by Gasteiger charge is -2.26. The van der Waals surface area contributed by atoms with Crippen LogP contribution in [0.1, 0.15) is 42.9 Å². The van der Waals surface area contributed by atoms with Gasteiger partial charge in [0, 0.05) is 19.1 Å². The minimum atomic E-state index is -3.76. The second-order valence-electron chi connectivity index (χ2n) is 8.44. The number of sulfonamides is 1. The molecule has 3 aromatic rings. The van der Waals surface area contributed by atoms with Crippen molar-refractivity contribution in [2.75, 3.05) is 13.1 Å². The Morgan fingerprint density at radius 3 is 2.69 bits per heavy atom. The first kappa shape index (κ1) is 21.4. The third kappa shape index (κ3) is 4.00. The molecular formula is C23H25N3O4S2. The van der Waals surface area contributed by atoms with Gasteiger partial charge in [0.05, 0.1) is 15.1 Å². The van der Waals surface area contributed by atoms with Gasteiger partial charge in [-0.15, -0.1) is 0 Å². The Morgan fingerprint density at radius 2 is 1.88 bits per heavy atom. The topological polar surface area (TPSA) is 88.5 Å². The van der Waals surface area contributed by atoms with Crippen LogP contribution >= 0.6 is 11.3 Å². The molecule has 2 aliphatic rings. The standard InChI is InChI=1S/C23H25N3O4S2/c27-22(25-12-3-4-13-25)15-26-20-11-10-17(14-21(20)31-23(26)28)32(29,30)24-19-9-5-7-16-6-1-2-8-18(16)19/h1-2,6,8,10-11,14,19,24H,3-5,7,9,12-13,15H2/t19-/m1/s1. The van der Waals surface area contributed by atoms with Crippen LogP contribution in [-0.4, -0.2) is 36.9 Å². The summed E-state index contributed by atoms with van der Waals surface area (Å²) in [4.78, 5) is 26.7. The molecule has 7 nitrogen and oxygen atoms in total. The normalized spacial score (nSPS) is 18.8. The van der Waals surface area contributed by atoms with Gasteiger partial charge in [0.25, 0.3) is 0 Å². The molecule has 1 amide bonds. The molecule has 1 N–H and O–H groups in total. The van der Waals surface area contributed by atoms with Crippen LogP contribution in [0.5, 0.6) is 0 Å². The number of hydrogen-bond donors (Lipinski definition) is 1. The van der Waals surface area contributed by atoms with E-state index < -0.39 is 10.0 Å². The lowest BCUT2D eigenvalue weighted by Crippen LogP contribution is -2.33. The first-order valence-corrected chi connectivity index (χ1v) is 13.2. The van der Waals surface area contributed by atoms with Gasteiger partial charge in [0.1, 0.15) is 6.54 Å². The van der Waals surface area contributed by atoms with Crippen molar-refractivity contribution in [1.29, 1.82) is 0 Å². The van der Waals surface area contributed by atoms with E-state index in [1.54, 1.807) is 11.0 Å². The fourth-order valence-electron chi connectivity index (χ4n) is 4.70. The number of rotatable bonds is 5. The third-order valence-electron chi connectivity index (χ3n) is 6.37. The second-order valence-corrected chi connectivity index (χ2v) is 11.1. The van der Waals surface area contributed by atoms with Crippen molar-refractivity contribution in [3.05, 3.63) is 63.3 Å². The number of nitrogens with zero attached hydrogens (tertiary/aromatic N) is 2. The molecule has 0 unspecified atom stereocenters. The van der Waals surface area contributed by atoms with Crippen molar-refractivity contribution in [1.82, 2.24) is 14.2 Å².